The lowest BCUT2D eigenvalue weighted by molar-refractivity contribution is 0.149. The summed E-state index contributed by atoms with van der Waals surface area (Å²) < 4.78 is 25.0. The van der Waals surface area contributed by atoms with Crippen molar-refractivity contribution in [2.45, 2.75) is 19.6 Å². The smallest absolute Gasteiger partial charge is 0.264 e. The van der Waals surface area contributed by atoms with E-state index < -0.39 is 13.0 Å². The summed E-state index contributed by atoms with van der Waals surface area (Å²) in [5.74, 6) is -0.0402. The summed E-state index contributed by atoms with van der Waals surface area (Å²) in [6.45, 7) is -0.542. The second kappa shape index (κ2) is 4.30. The summed E-state index contributed by atoms with van der Waals surface area (Å²) in [4.78, 5) is 3.72. The first-order chi connectivity index (χ1) is 6.60. The van der Waals surface area contributed by atoms with Crippen LogP contribution >= 0.6 is 0 Å². The predicted molar refractivity (Wildman–Crippen MR) is 47.4 cm³/mol. The van der Waals surface area contributed by atoms with Crippen molar-refractivity contribution in [2.75, 3.05) is 5.73 Å². The van der Waals surface area contributed by atoms with Crippen LogP contribution in [0.5, 0.6) is 0 Å². The van der Waals surface area contributed by atoms with Gasteiger partial charge in [-0.2, -0.15) is 0 Å². The van der Waals surface area contributed by atoms with Crippen molar-refractivity contribution >= 4 is 5.82 Å². The van der Waals surface area contributed by atoms with Gasteiger partial charge in [0.15, 0.2) is 0 Å². The number of aromatic nitrogens is 1. The summed E-state index contributed by atoms with van der Waals surface area (Å²) in [6, 6.07) is 1.08. The number of nitrogens with two attached hydrogens (primary N) is 2. The van der Waals surface area contributed by atoms with E-state index in [0.717, 1.165) is 6.07 Å². The van der Waals surface area contributed by atoms with Gasteiger partial charge in [-0.15, -0.1) is 0 Å². The first-order valence-electron chi connectivity index (χ1n) is 3.97. The SMILES string of the molecule is NCc1c(C(F)F)cc(N)nc1CO. The fourth-order valence-electron chi connectivity index (χ4n) is 1.23. The van der Waals surface area contributed by atoms with Gasteiger partial charge < -0.3 is 16.6 Å². The maximum atomic E-state index is 12.5. The third kappa shape index (κ3) is 1.97. The lowest BCUT2D eigenvalue weighted by Crippen LogP contribution is -2.10. The Morgan fingerprint density at radius 3 is 2.57 bits per heavy atom. The molecule has 0 fully saturated rings. The van der Waals surface area contributed by atoms with E-state index in [0.29, 0.717) is 0 Å². The standard InChI is InChI=1S/C8H11F2N3O/c9-8(10)4-1-7(12)13-6(3-14)5(4)2-11/h1,8,14H,2-3,11H2,(H2,12,13). The number of anilines is 1. The van der Waals surface area contributed by atoms with Crippen LogP contribution in [0.4, 0.5) is 14.6 Å². The molecule has 0 radical (unpaired) electrons. The summed E-state index contributed by atoms with van der Waals surface area (Å²) in [6.07, 6.45) is -2.66. The van der Waals surface area contributed by atoms with Crippen molar-refractivity contribution in [3.8, 4) is 0 Å². The Bertz CT molecular complexity index is 331. The molecule has 0 aliphatic heterocycles. The molecule has 0 spiro atoms. The van der Waals surface area contributed by atoms with Crippen molar-refractivity contribution in [3.05, 3.63) is 22.9 Å². The van der Waals surface area contributed by atoms with Crippen molar-refractivity contribution in [2.24, 2.45) is 5.73 Å². The molecule has 1 aromatic heterocycles. The zero-order valence-corrected chi connectivity index (χ0v) is 7.37. The monoisotopic (exact) mass is 203 g/mol. The highest BCUT2D eigenvalue weighted by Crippen LogP contribution is 2.26. The number of pyridine rings is 1. The maximum Gasteiger partial charge on any atom is 0.264 e. The predicted octanol–water partition coefficient (Wildman–Crippen LogP) is 0.552. The van der Waals surface area contributed by atoms with Crippen LogP contribution in [0.15, 0.2) is 6.07 Å². The molecule has 0 bridgehead atoms. The number of aliphatic hydroxyl groups is 1. The lowest BCUT2D eigenvalue weighted by atomic mass is 10.1. The number of alkyl halides is 2. The third-order valence-corrected chi connectivity index (χ3v) is 1.85. The van der Waals surface area contributed by atoms with Crippen molar-refractivity contribution in [1.82, 2.24) is 4.98 Å². The molecule has 0 aliphatic carbocycles. The van der Waals surface area contributed by atoms with E-state index in [4.69, 9.17) is 16.6 Å². The minimum atomic E-state index is -2.66. The van der Waals surface area contributed by atoms with E-state index in [9.17, 15) is 8.78 Å². The van der Waals surface area contributed by atoms with Gasteiger partial charge in [0.2, 0.25) is 0 Å². The number of hydrogen-bond acceptors (Lipinski definition) is 4. The molecule has 5 N–H and O–H groups in total. The summed E-state index contributed by atoms with van der Waals surface area (Å²) in [5.41, 5.74) is 10.6. The molecule has 14 heavy (non-hydrogen) atoms. The minimum Gasteiger partial charge on any atom is -0.390 e. The average molecular weight is 203 g/mol. The highest BCUT2D eigenvalue weighted by molar-refractivity contribution is 5.41. The molecule has 0 saturated carbocycles. The topological polar surface area (TPSA) is 85.2 Å². The molecule has 0 saturated heterocycles. The lowest BCUT2D eigenvalue weighted by Gasteiger charge is -2.11. The van der Waals surface area contributed by atoms with Gasteiger partial charge in [0.05, 0.1) is 12.3 Å². The Labute approximate surface area is 79.6 Å². The van der Waals surface area contributed by atoms with Gasteiger partial charge in [-0.25, -0.2) is 13.8 Å². The van der Waals surface area contributed by atoms with E-state index in [1.807, 2.05) is 0 Å². The molecule has 0 unspecified atom stereocenters. The van der Waals surface area contributed by atoms with Gasteiger partial charge in [-0.05, 0) is 11.6 Å². The van der Waals surface area contributed by atoms with Gasteiger partial charge >= 0.3 is 0 Å². The molecule has 0 aromatic carbocycles. The Kier molecular flexibility index (Phi) is 3.32. The second-order valence-electron chi connectivity index (χ2n) is 2.72. The quantitative estimate of drug-likeness (QED) is 0.669. The van der Waals surface area contributed by atoms with Crippen LogP contribution in [0.25, 0.3) is 0 Å². The van der Waals surface area contributed by atoms with Crippen LogP contribution in [0.2, 0.25) is 0 Å². The van der Waals surface area contributed by atoms with Crippen molar-refractivity contribution < 1.29 is 13.9 Å². The molecule has 0 atom stereocenters. The zero-order chi connectivity index (χ0) is 10.7. The zero-order valence-electron chi connectivity index (χ0n) is 7.37. The Hall–Kier alpha value is -1.27. The molecule has 0 amide bonds. The fraction of sp³-hybridized carbons (Fsp3) is 0.375. The van der Waals surface area contributed by atoms with Crippen LogP contribution in [0.1, 0.15) is 23.2 Å². The number of hydrogen-bond donors (Lipinski definition) is 3. The average Bonchev–Trinajstić information content (AvgIpc) is 2.16. The first-order valence-corrected chi connectivity index (χ1v) is 3.97. The van der Waals surface area contributed by atoms with Gasteiger partial charge in [-0.3, -0.25) is 0 Å². The van der Waals surface area contributed by atoms with E-state index >= 15 is 0 Å². The third-order valence-electron chi connectivity index (χ3n) is 1.85. The maximum absolute atomic E-state index is 12.5. The number of nitrogen functional groups attached to an aromatic ring is 1. The molecule has 78 valence electrons. The molecular weight excluding hydrogens is 192 g/mol. The summed E-state index contributed by atoms with van der Waals surface area (Å²) >= 11 is 0. The van der Waals surface area contributed by atoms with E-state index in [-0.39, 0.29) is 29.2 Å². The van der Waals surface area contributed by atoms with Gasteiger partial charge in [-0.1, -0.05) is 0 Å². The van der Waals surface area contributed by atoms with Crippen LogP contribution in [0, 0.1) is 0 Å². The van der Waals surface area contributed by atoms with Crippen molar-refractivity contribution in [1.29, 1.82) is 0 Å². The highest BCUT2D eigenvalue weighted by Gasteiger charge is 2.16. The molecule has 1 rings (SSSR count). The number of nitrogens with zero attached hydrogens (tertiary/aromatic N) is 1. The Balaban J connectivity index is 3.31. The normalized spacial score (nSPS) is 10.9. The van der Waals surface area contributed by atoms with Gasteiger partial charge in [0, 0.05) is 12.1 Å². The molecular formula is C8H11F2N3O. The fourth-order valence-corrected chi connectivity index (χ4v) is 1.23. The van der Waals surface area contributed by atoms with Gasteiger partial charge in [0.1, 0.15) is 5.82 Å². The Morgan fingerprint density at radius 2 is 2.14 bits per heavy atom. The van der Waals surface area contributed by atoms with Crippen molar-refractivity contribution in [3.63, 3.8) is 0 Å². The molecule has 0 aliphatic rings. The minimum absolute atomic E-state index is 0.0402. The first kappa shape index (κ1) is 10.8. The number of halogens is 2. The number of rotatable bonds is 3. The summed E-state index contributed by atoms with van der Waals surface area (Å²) in [7, 11) is 0. The number of aliphatic hydroxyl groups excluding tert-OH is 1. The van der Waals surface area contributed by atoms with Crippen LogP contribution in [-0.2, 0) is 13.2 Å². The molecule has 1 aromatic rings. The van der Waals surface area contributed by atoms with Crippen LogP contribution in [-0.4, -0.2) is 10.1 Å². The second-order valence-corrected chi connectivity index (χ2v) is 2.72. The van der Waals surface area contributed by atoms with E-state index in [1.165, 1.54) is 0 Å². The molecule has 6 heteroatoms. The van der Waals surface area contributed by atoms with E-state index in [1.54, 1.807) is 0 Å². The van der Waals surface area contributed by atoms with E-state index in [2.05, 4.69) is 4.98 Å². The van der Waals surface area contributed by atoms with Crippen LogP contribution < -0.4 is 11.5 Å². The molecule has 4 nitrogen and oxygen atoms in total. The molecule has 1 heterocycles. The highest BCUT2D eigenvalue weighted by atomic mass is 19.3. The summed E-state index contributed by atoms with van der Waals surface area (Å²) in [5, 5.41) is 8.86. The largest absolute Gasteiger partial charge is 0.390 e. The van der Waals surface area contributed by atoms with Gasteiger partial charge in [0.25, 0.3) is 6.43 Å². The van der Waals surface area contributed by atoms with Crippen LogP contribution in [0.3, 0.4) is 0 Å². The Morgan fingerprint density at radius 1 is 1.50 bits per heavy atom.